The van der Waals surface area contributed by atoms with Crippen molar-refractivity contribution >= 4 is 11.6 Å². The molecule has 1 aliphatic rings. The van der Waals surface area contributed by atoms with Crippen molar-refractivity contribution in [3.8, 4) is 0 Å². The van der Waals surface area contributed by atoms with Gasteiger partial charge in [0.05, 0.1) is 6.54 Å². The molecule has 0 unspecified atom stereocenters. The van der Waals surface area contributed by atoms with Crippen LogP contribution in [0.2, 0.25) is 0 Å². The lowest BCUT2D eigenvalue weighted by atomic mass is 10.0. The minimum absolute atomic E-state index is 0.122. The van der Waals surface area contributed by atoms with Crippen LogP contribution < -0.4 is 10.2 Å². The van der Waals surface area contributed by atoms with Gasteiger partial charge in [-0.3, -0.25) is 4.79 Å². The molecule has 0 atom stereocenters. The number of aryl methyl sites for hydroxylation is 2. The van der Waals surface area contributed by atoms with Crippen LogP contribution in [0, 0.1) is 6.92 Å². The van der Waals surface area contributed by atoms with Gasteiger partial charge in [-0.2, -0.15) is 0 Å². The predicted molar refractivity (Wildman–Crippen MR) is 65.8 cm³/mol. The molecule has 1 aromatic rings. The molecule has 1 fully saturated rings. The maximum absolute atomic E-state index is 11.4. The molecule has 1 amide bonds. The number of carbonyl (C=O) groups excluding carboxylic acids is 1. The first-order valence-corrected chi connectivity index (χ1v) is 5.82. The van der Waals surface area contributed by atoms with E-state index in [2.05, 4.69) is 42.3 Å². The van der Waals surface area contributed by atoms with Crippen LogP contribution in [0.1, 0.15) is 18.1 Å². The molecule has 1 aromatic carbocycles. The first kappa shape index (κ1) is 11.0. The van der Waals surface area contributed by atoms with E-state index in [-0.39, 0.29) is 5.91 Å². The zero-order valence-corrected chi connectivity index (χ0v) is 9.92. The molecule has 16 heavy (non-hydrogen) atoms. The molecule has 3 nitrogen and oxygen atoms in total. The summed E-state index contributed by atoms with van der Waals surface area (Å²) >= 11 is 0. The summed E-state index contributed by atoms with van der Waals surface area (Å²) in [4.78, 5) is 13.6. The molecular weight excluding hydrogens is 200 g/mol. The summed E-state index contributed by atoms with van der Waals surface area (Å²) < 4.78 is 0. The van der Waals surface area contributed by atoms with Crippen molar-refractivity contribution in [2.75, 3.05) is 24.5 Å². The number of benzene rings is 1. The second-order valence-corrected chi connectivity index (χ2v) is 4.21. The van der Waals surface area contributed by atoms with Gasteiger partial charge in [0.2, 0.25) is 5.91 Å². The van der Waals surface area contributed by atoms with E-state index in [0.29, 0.717) is 6.54 Å². The molecular formula is C13H18N2O. The van der Waals surface area contributed by atoms with Gasteiger partial charge in [0.25, 0.3) is 0 Å². The molecule has 1 aliphatic heterocycles. The van der Waals surface area contributed by atoms with Crippen LogP contribution in [-0.4, -0.2) is 25.5 Å². The average molecular weight is 218 g/mol. The number of hydrogen-bond donors (Lipinski definition) is 1. The summed E-state index contributed by atoms with van der Waals surface area (Å²) in [6.07, 6.45) is 1.01. The van der Waals surface area contributed by atoms with E-state index in [4.69, 9.17) is 0 Å². The van der Waals surface area contributed by atoms with E-state index in [0.717, 1.165) is 19.5 Å². The quantitative estimate of drug-likeness (QED) is 0.815. The number of amides is 1. The fourth-order valence-electron chi connectivity index (χ4n) is 2.29. The Morgan fingerprint density at radius 3 is 2.94 bits per heavy atom. The third-order valence-electron chi connectivity index (χ3n) is 3.06. The van der Waals surface area contributed by atoms with E-state index >= 15 is 0 Å². The van der Waals surface area contributed by atoms with Gasteiger partial charge in [0.15, 0.2) is 0 Å². The standard InChI is InChI=1S/C13H18N2O/c1-3-11-6-4-5-10(2)13(11)15-8-7-14-12(16)9-15/h4-6H,3,7-9H2,1-2H3,(H,14,16). The fourth-order valence-corrected chi connectivity index (χ4v) is 2.29. The second-order valence-electron chi connectivity index (χ2n) is 4.21. The van der Waals surface area contributed by atoms with E-state index in [1.165, 1.54) is 16.8 Å². The number of para-hydroxylation sites is 1. The smallest absolute Gasteiger partial charge is 0.239 e. The summed E-state index contributed by atoms with van der Waals surface area (Å²) in [5, 5.41) is 2.86. The van der Waals surface area contributed by atoms with Crippen molar-refractivity contribution < 1.29 is 4.79 Å². The van der Waals surface area contributed by atoms with Crippen LogP contribution in [0.5, 0.6) is 0 Å². The van der Waals surface area contributed by atoms with E-state index in [1.807, 2.05) is 0 Å². The second kappa shape index (κ2) is 4.56. The zero-order chi connectivity index (χ0) is 11.5. The third-order valence-corrected chi connectivity index (χ3v) is 3.06. The number of anilines is 1. The summed E-state index contributed by atoms with van der Waals surface area (Å²) in [6.45, 7) is 6.40. The van der Waals surface area contributed by atoms with Gasteiger partial charge in [0.1, 0.15) is 0 Å². The molecule has 3 heteroatoms. The van der Waals surface area contributed by atoms with Crippen LogP contribution >= 0.6 is 0 Å². The van der Waals surface area contributed by atoms with Gasteiger partial charge in [-0.25, -0.2) is 0 Å². The first-order valence-electron chi connectivity index (χ1n) is 5.82. The van der Waals surface area contributed by atoms with Crippen molar-refractivity contribution in [2.24, 2.45) is 0 Å². The highest BCUT2D eigenvalue weighted by Gasteiger charge is 2.19. The molecule has 0 radical (unpaired) electrons. The van der Waals surface area contributed by atoms with Gasteiger partial charge < -0.3 is 10.2 Å². The number of nitrogens with zero attached hydrogens (tertiary/aromatic N) is 1. The lowest BCUT2D eigenvalue weighted by Gasteiger charge is -2.31. The molecule has 0 aliphatic carbocycles. The summed E-state index contributed by atoms with van der Waals surface area (Å²) in [7, 11) is 0. The van der Waals surface area contributed by atoms with Crippen molar-refractivity contribution in [3.63, 3.8) is 0 Å². The lowest BCUT2D eigenvalue weighted by Crippen LogP contribution is -2.48. The monoisotopic (exact) mass is 218 g/mol. The molecule has 0 saturated carbocycles. The van der Waals surface area contributed by atoms with Crippen molar-refractivity contribution in [3.05, 3.63) is 29.3 Å². The number of carbonyl (C=O) groups is 1. The van der Waals surface area contributed by atoms with Crippen LogP contribution in [0.3, 0.4) is 0 Å². The van der Waals surface area contributed by atoms with Crippen LogP contribution in [0.15, 0.2) is 18.2 Å². The van der Waals surface area contributed by atoms with Crippen LogP contribution in [0.4, 0.5) is 5.69 Å². The maximum Gasteiger partial charge on any atom is 0.239 e. The van der Waals surface area contributed by atoms with Gasteiger partial charge in [-0.1, -0.05) is 25.1 Å². The lowest BCUT2D eigenvalue weighted by molar-refractivity contribution is -0.120. The number of piperazine rings is 1. The highest BCUT2D eigenvalue weighted by molar-refractivity contribution is 5.83. The molecule has 0 aromatic heterocycles. The topological polar surface area (TPSA) is 32.3 Å². The van der Waals surface area contributed by atoms with Crippen molar-refractivity contribution in [1.82, 2.24) is 5.32 Å². The SMILES string of the molecule is CCc1cccc(C)c1N1CCNC(=O)C1. The van der Waals surface area contributed by atoms with E-state index in [9.17, 15) is 4.79 Å². The normalized spacial score (nSPS) is 16.1. The molecule has 1 heterocycles. The number of hydrogen-bond acceptors (Lipinski definition) is 2. The minimum Gasteiger partial charge on any atom is -0.360 e. The fraction of sp³-hybridized carbons (Fsp3) is 0.462. The van der Waals surface area contributed by atoms with E-state index < -0.39 is 0 Å². The largest absolute Gasteiger partial charge is 0.360 e. The Morgan fingerprint density at radius 2 is 2.25 bits per heavy atom. The van der Waals surface area contributed by atoms with Crippen LogP contribution in [-0.2, 0) is 11.2 Å². The Morgan fingerprint density at radius 1 is 1.44 bits per heavy atom. The number of rotatable bonds is 2. The minimum atomic E-state index is 0.122. The van der Waals surface area contributed by atoms with E-state index in [1.54, 1.807) is 0 Å². The van der Waals surface area contributed by atoms with Gasteiger partial charge in [0, 0.05) is 18.8 Å². The average Bonchev–Trinajstić information content (AvgIpc) is 2.28. The highest BCUT2D eigenvalue weighted by atomic mass is 16.2. The molecule has 1 N–H and O–H groups in total. The van der Waals surface area contributed by atoms with Crippen molar-refractivity contribution in [1.29, 1.82) is 0 Å². The van der Waals surface area contributed by atoms with Crippen LogP contribution in [0.25, 0.3) is 0 Å². The summed E-state index contributed by atoms with van der Waals surface area (Å²) in [5.41, 5.74) is 3.84. The molecule has 0 spiro atoms. The predicted octanol–water partition coefficient (Wildman–Crippen LogP) is 1.49. The summed E-state index contributed by atoms with van der Waals surface area (Å²) in [5.74, 6) is 0.122. The highest BCUT2D eigenvalue weighted by Crippen LogP contribution is 2.25. The molecule has 86 valence electrons. The third kappa shape index (κ3) is 2.03. The first-order chi connectivity index (χ1) is 7.72. The zero-order valence-electron chi connectivity index (χ0n) is 9.92. The molecule has 0 bridgehead atoms. The Bertz CT molecular complexity index is 401. The van der Waals surface area contributed by atoms with Gasteiger partial charge >= 0.3 is 0 Å². The number of nitrogens with one attached hydrogen (secondary N) is 1. The van der Waals surface area contributed by atoms with Crippen molar-refractivity contribution in [2.45, 2.75) is 20.3 Å². The Balaban J connectivity index is 2.34. The van der Waals surface area contributed by atoms with Gasteiger partial charge in [-0.05, 0) is 24.5 Å². The Kier molecular flexibility index (Phi) is 3.13. The Hall–Kier alpha value is -1.51. The Labute approximate surface area is 96.5 Å². The van der Waals surface area contributed by atoms with Gasteiger partial charge in [-0.15, -0.1) is 0 Å². The maximum atomic E-state index is 11.4. The summed E-state index contributed by atoms with van der Waals surface area (Å²) in [6, 6.07) is 6.34. The molecule has 1 saturated heterocycles. The molecule has 2 rings (SSSR count).